The van der Waals surface area contributed by atoms with Gasteiger partial charge in [0.1, 0.15) is 5.75 Å². The van der Waals surface area contributed by atoms with Crippen LogP contribution in [0.4, 0.5) is 16.2 Å². The molecule has 1 aliphatic rings. The lowest BCUT2D eigenvalue weighted by atomic mass is 9.97. The van der Waals surface area contributed by atoms with Gasteiger partial charge in [-0.3, -0.25) is 9.59 Å². The third-order valence-corrected chi connectivity index (χ3v) is 6.20. The van der Waals surface area contributed by atoms with Crippen molar-refractivity contribution in [1.29, 1.82) is 0 Å². The number of carboxylic acid groups (broad SMARTS) is 1. The van der Waals surface area contributed by atoms with Gasteiger partial charge in [0.2, 0.25) is 5.91 Å². The van der Waals surface area contributed by atoms with Gasteiger partial charge in [-0.05, 0) is 66.3 Å². The number of aryl methyl sites for hydroxylation is 1. The molecule has 0 aromatic heterocycles. The maximum absolute atomic E-state index is 12.6. The topological polar surface area (TPSA) is 120 Å². The number of aliphatic carboxylic acids is 1. The van der Waals surface area contributed by atoms with Crippen molar-refractivity contribution in [1.82, 2.24) is 10.2 Å². The van der Waals surface area contributed by atoms with E-state index in [1.165, 1.54) is 14.0 Å². The Morgan fingerprint density at radius 2 is 1.79 bits per heavy atom. The number of carbonyl (C=O) groups excluding carboxylic acids is 2. The molecule has 2 atom stereocenters. The number of methoxy groups -OCH3 is 1. The first-order valence-electron chi connectivity index (χ1n) is 12.8. The van der Waals surface area contributed by atoms with Gasteiger partial charge in [-0.25, -0.2) is 4.79 Å². The third-order valence-electron chi connectivity index (χ3n) is 6.20. The van der Waals surface area contributed by atoms with Crippen LogP contribution in [-0.2, 0) is 9.59 Å². The first-order valence-corrected chi connectivity index (χ1v) is 12.8. The van der Waals surface area contributed by atoms with Crippen molar-refractivity contribution < 1.29 is 24.2 Å². The molecule has 0 bridgehead atoms. The van der Waals surface area contributed by atoms with E-state index >= 15 is 0 Å². The molecule has 206 valence electrons. The summed E-state index contributed by atoms with van der Waals surface area (Å²) in [6, 6.07) is 12.2. The zero-order valence-corrected chi connectivity index (χ0v) is 22.7. The molecule has 0 spiro atoms. The number of rotatable bonds is 11. The van der Waals surface area contributed by atoms with Crippen LogP contribution in [0.2, 0.25) is 0 Å². The van der Waals surface area contributed by atoms with Gasteiger partial charge in [-0.2, -0.15) is 0 Å². The molecule has 0 aliphatic carbocycles. The number of carboxylic acids is 1. The fraction of sp³-hybridized carbons (Fsp3) is 0.300. The summed E-state index contributed by atoms with van der Waals surface area (Å²) in [5.41, 5.74) is 3.96. The number of urea groups is 1. The standard InChI is InChI=1S/C30H36N4O5/c1-20(16-29(36)37)19-34-14-7-9-23(13-15-34)17-27(31-22(3)35)24-11-12-26(28(18-24)39-4)33-30(38)32-25-10-6-5-8-21(25)2/h5-15,18,20,27H,16-17,19H2,1-4H3,(H,31,35)(H,36,37)(H2,32,33,38). The molecule has 0 saturated carbocycles. The number of nitrogens with one attached hydrogen (secondary N) is 3. The van der Waals surface area contributed by atoms with Gasteiger partial charge in [0.25, 0.3) is 0 Å². The molecule has 39 heavy (non-hydrogen) atoms. The highest BCUT2D eigenvalue weighted by atomic mass is 16.5. The van der Waals surface area contributed by atoms with E-state index in [1.54, 1.807) is 12.1 Å². The van der Waals surface area contributed by atoms with Crippen LogP contribution in [0.3, 0.4) is 0 Å². The number of para-hydroxylation sites is 1. The molecule has 2 aromatic rings. The van der Waals surface area contributed by atoms with Crippen LogP contribution in [0, 0.1) is 12.8 Å². The zero-order valence-electron chi connectivity index (χ0n) is 22.7. The predicted octanol–water partition coefficient (Wildman–Crippen LogP) is 5.60. The number of ether oxygens (including phenoxy) is 1. The van der Waals surface area contributed by atoms with E-state index in [2.05, 4.69) is 16.0 Å². The van der Waals surface area contributed by atoms with Crippen molar-refractivity contribution >= 4 is 29.3 Å². The summed E-state index contributed by atoms with van der Waals surface area (Å²) in [5, 5.41) is 17.7. The van der Waals surface area contributed by atoms with E-state index in [1.807, 2.05) is 79.7 Å². The second kappa shape index (κ2) is 13.9. The SMILES string of the molecule is COc1cc(C(CC2=CC=CN(CC(C)CC(=O)O)C=C2)NC(C)=O)ccc1NC(=O)Nc1ccccc1C. The first-order chi connectivity index (χ1) is 18.6. The largest absolute Gasteiger partial charge is 0.495 e. The maximum Gasteiger partial charge on any atom is 0.323 e. The highest BCUT2D eigenvalue weighted by molar-refractivity contribution is 6.01. The van der Waals surface area contributed by atoms with Crippen LogP contribution in [0.5, 0.6) is 5.75 Å². The van der Waals surface area contributed by atoms with E-state index in [9.17, 15) is 14.4 Å². The molecule has 4 N–H and O–H groups in total. The Hall–Kier alpha value is -4.53. The Balaban J connectivity index is 1.73. The molecular formula is C30H36N4O5. The van der Waals surface area contributed by atoms with Gasteiger partial charge < -0.3 is 30.7 Å². The lowest BCUT2D eigenvalue weighted by Crippen LogP contribution is -2.26. The average Bonchev–Trinajstić information content (AvgIpc) is 3.09. The molecule has 3 amide bonds. The predicted molar refractivity (Wildman–Crippen MR) is 152 cm³/mol. The van der Waals surface area contributed by atoms with Gasteiger partial charge in [-0.1, -0.05) is 37.3 Å². The van der Waals surface area contributed by atoms with Gasteiger partial charge in [0.05, 0.1) is 18.8 Å². The van der Waals surface area contributed by atoms with Crippen LogP contribution in [-0.4, -0.2) is 41.6 Å². The quantitative estimate of drug-likeness (QED) is 0.299. The summed E-state index contributed by atoms with van der Waals surface area (Å²) in [5.74, 6) is -0.530. The Bertz CT molecular complexity index is 1280. The molecular weight excluding hydrogens is 496 g/mol. The third kappa shape index (κ3) is 9.07. The van der Waals surface area contributed by atoms with Crippen molar-refractivity contribution in [2.45, 2.75) is 39.7 Å². The second-order valence-electron chi connectivity index (χ2n) is 9.61. The van der Waals surface area contributed by atoms with Crippen LogP contribution in [0.1, 0.15) is 43.9 Å². The first kappa shape index (κ1) is 29.0. The van der Waals surface area contributed by atoms with Gasteiger partial charge >= 0.3 is 12.0 Å². The fourth-order valence-corrected chi connectivity index (χ4v) is 4.30. The number of benzene rings is 2. The summed E-state index contributed by atoms with van der Waals surface area (Å²) < 4.78 is 5.56. The monoisotopic (exact) mass is 532 g/mol. The second-order valence-corrected chi connectivity index (χ2v) is 9.61. The van der Waals surface area contributed by atoms with E-state index in [4.69, 9.17) is 9.84 Å². The molecule has 0 fully saturated rings. The van der Waals surface area contributed by atoms with Gasteiger partial charge in [0, 0.05) is 38.0 Å². The number of hydrogen-bond donors (Lipinski definition) is 4. The van der Waals surface area contributed by atoms with Crippen molar-refractivity contribution in [3.05, 3.63) is 89.8 Å². The van der Waals surface area contributed by atoms with E-state index in [-0.39, 0.29) is 24.3 Å². The minimum Gasteiger partial charge on any atom is -0.495 e. The summed E-state index contributed by atoms with van der Waals surface area (Å²) in [6.07, 6.45) is 10.3. The maximum atomic E-state index is 12.6. The number of anilines is 2. The Morgan fingerprint density at radius 3 is 2.49 bits per heavy atom. The molecule has 2 unspecified atom stereocenters. The van der Waals surface area contributed by atoms with Crippen LogP contribution >= 0.6 is 0 Å². The lowest BCUT2D eigenvalue weighted by Gasteiger charge is -2.21. The molecule has 1 heterocycles. The van der Waals surface area contributed by atoms with Gasteiger partial charge in [0.15, 0.2) is 0 Å². The highest BCUT2D eigenvalue weighted by Gasteiger charge is 2.18. The van der Waals surface area contributed by atoms with Gasteiger partial charge in [-0.15, -0.1) is 0 Å². The van der Waals surface area contributed by atoms with Crippen molar-refractivity contribution in [3.8, 4) is 5.75 Å². The van der Waals surface area contributed by atoms with Crippen LogP contribution in [0.15, 0.2) is 78.7 Å². The number of nitrogens with zero attached hydrogens (tertiary/aromatic N) is 1. The van der Waals surface area contributed by atoms with E-state index < -0.39 is 12.0 Å². The molecule has 9 nitrogen and oxygen atoms in total. The number of allylic oxidation sites excluding steroid dienone is 3. The summed E-state index contributed by atoms with van der Waals surface area (Å²) in [7, 11) is 1.53. The Kier molecular flexibility index (Phi) is 10.3. The summed E-state index contributed by atoms with van der Waals surface area (Å²) in [4.78, 5) is 37.6. The van der Waals surface area contributed by atoms with Crippen LogP contribution < -0.4 is 20.7 Å². The van der Waals surface area contributed by atoms with Crippen molar-refractivity contribution in [3.63, 3.8) is 0 Å². The smallest absolute Gasteiger partial charge is 0.323 e. The Labute approximate surface area is 229 Å². The molecule has 2 aromatic carbocycles. The van der Waals surface area contributed by atoms with Crippen LogP contribution in [0.25, 0.3) is 0 Å². The van der Waals surface area contributed by atoms with E-state index in [0.29, 0.717) is 30.1 Å². The molecule has 3 rings (SSSR count). The fourth-order valence-electron chi connectivity index (χ4n) is 4.30. The molecule has 1 aliphatic heterocycles. The lowest BCUT2D eigenvalue weighted by molar-refractivity contribution is -0.138. The van der Waals surface area contributed by atoms with Crippen molar-refractivity contribution in [2.75, 3.05) is 24.3 Å². The number of amides is 3. The molecule has 9 heteroatoms. The zero-order chi connectivity index (χ0) is 28.4. The number of carbonyl (C=O) groups is 3. The van der Waals surface area contributed by atoms with E-state index in [0.717, 1.165) is 16.7 Å². The Morgan fingerprint density at radius 1 is 1.05 bits per heavy atom. The summed E-state index contributed by atoms with van der Waals surface area (Å²) >= 11 is 0. The molecule has 0 radical (unpaired) electrons. The van der Waals surface area contributed by atoms with Crippen molar-refractivity contribution in [2.24, 2.45) is 5.92 Å². The average molecular weight is 533 g/mol. The highest BCUT2D eigenvalue weighted by Crippen LogP contribution is 2.31. The number of hydrogen-bond acceptors (Lipinski definition) is 5. The normalized spacial score (nSPS) is 14.1. The molecule has 0 saturated heterocycles. The minimum atomic E-state index is -0.814. The summed E-state index contributed by atoms with van der Waals surface area (Å²) in [6.45, 7) is 5.87. The minimum absolute atomic E-state index is 0.0103.